The zero-order valence-electron chi connectivity index (χ0n) is 19.1. The first-order valence-corrected chi connectivity index (χ1v) is 11.7. The summed E-state index contributed by atoms with van der Waals surface area (Å²) in [5.41, 5.74) is 4.00. The van der Waals surface area contributed by atoms with Gasteiger partial charge in [0.25, 0.3) is 5.91 Å². The lowest BCUT2D eigenvalue weighted by molar-refractivity contribution is -0.198. The minimum absolute atomic E-state index is 0.0698. The molecule has 2 aliphatic rings. The number of piperidine rings is 1. The number of urea groups is 1. The normalized spacial score (nSPS) is 19.1. The van der Waals surface area contributed by atoms with Gasteiger partial charge >= 0.3 is 6.03 Å². The molecule has 0 radical (unpaired) electrons. The molecule has 0 aliphatic carbocycles. The number of para-hydroxylation sites is 1. The van der Waals surface area contributed by atoms with Crippen molar-refractivity contribution in [2.75, 3.05) is 30.3 Å². The number of rotatable bonds is 7. The topological polar surface area (TPSA) is 105 Å². The maximum absolute atomic E-state index is 12.4. The number of benzene rings is 1. The highest BCUT2D eigenvalue weighted by Crippen LogP contribution is 2.17. The van der Waals surface area contributed by atoms with Crippen molar-refractivity contribution in [2.24, 2.45) is 0 Å². The molecule has 1 unspecified atom stereocenters. The Kier molecular flexibility index (Phi) is 8.48. The number of nitrogens with zero attached hydrogens (tertiary/aromatic N) is 2. The average Bonchev–Trinajstić information content (AvgIpc) is 2.89. The average molecular weight is 466 g/mol. The lowest BCUT2D eigenvalue weighted by Crippen LogP contribution is -2.44. The predicted octanol–water partition coefficient (Wildman–Crippen LogP) is 3.78. The van der Waals surface area contributed by atoms with Crippen LogP contribution in [0.5, 0.6) is 0 Å². The third kappa shape index (κ3) is 7.29. The predicted molar refractivity (Wildman–Crippen MR) is 130 cm³/mol. The van der Waals surface area contributed by atoms with Crippen LogP contribution in [0.2, 0.25) is 0 Å². The van der Waals surface area contributed by atoms with E-state index < -0.39 is 0 Å². The molecule has 4 rings (SSSR count). The van der Waals surface area contributed by atoms with E-state index in [1.54, 1.807) is 12.3 Å². The van der Waals surface area contributed by atoms with E-state index in [4.69, 9.17) is 9.57 Å². The number of hydroxylamine groups is 1. The smallest absolute Gasteiger partial charge is 0.321 e. The Morgan fingerprint density at radius 2 is 1.88 bits per heavy atom. The first-order valence-electron chi connectivity index (χ1n) is 11.7. The van der Waals surface area contributed by atoms with Crippen molar-refractivity contribution in [3.05, 3.63) is 60.3 Å². The Morgan fingerprint density at radius 3 is 2.59 bits per heavy atom. The summed E-state index contributed by atoms with van der Waals surface area (Å²) in [5, 5.41) is 6.36. The van der Waals surface area contributed by atoms with Crippen molar-refractivity contribution in [1.29, 1.82) is 0 Å². The van der Waals surface area contributed by atoms with Gasteiger partial charge in [0.05, 0.1) is 0 Å². The van der Waals surface area contributed by atoms with E-state index in [1.807, 2.05) is 47.4 Å². The molecular weight excluding hydrogens is 434 g/mol. The van der Waals surface area contributed by atoms with E-state index in [0.717, 1.165) is 49.2 Å². The van der Waals surface area contributed by atoms with Crippen molar-refractivity contribution in [3.63, 3.8) is 0 Å². The lowest BCUT2D eigenvalue weighted by Gasteiger charge is -2.32. The van der Waals surface area contributed by atoms with Gasteiger partial charge in [0.2, 0.25) is 0 Å². The number of nitrogens with one attached hydrogen (secondary N) is 3. The number of hydrogen-bond acceptors (Lipinski definition) is 6. The Hall–Kier alpha value is -3.43. The molecule has 0 spiro atoms. The van der Waals surface area contributed by atoms with Crippen molar-refractivity contribution in [1.82, 2.24) is 15.4 Å². The molecule has 0 saturated carbocycles. The van der Waals surface area contributed by atoms with Crippen molar-refractivity contribution < 1.29 is 19.2 Å². The number of hydrogen-bond donors (Lipinski definition) is 3. The fourth-order valence-electron chi connectivity index (χ4n) is 3.88. The van der Waals surface area contributed by atoms with E-state index >= 15 is 0 Å². The molecule has 1 aromatic heterocycles. The molecule has 2 aromatic rings. The van der Waals surface area contributed by atoms with Gasteiger partial charge in [-0.1, -0.05) is 18.2 Å². The van der Waals surface area contributed by atoms with Crippen LogP contribution in [0.3, 0.4) is 0 Å². The molecule has 2 aliphatic heterocycles. The van der Waals surface area contributed by atoms with Gasteiger partial charge in [-0.05, 0) is 61.6 Å². The maximum atomic E-state index is 12.4. The zero-order valence-corrected chi connectivity index (χ0v) is 19.1. The number of aromatic nitrogens is 1. The van der Waals surface area contributed by atoms with E-state index in [2.05, 4.69) is 21.1 Å². The summed E-state index contributed by atoms with van der Waals surface area (Å²) in [6, 6.07) is 13.4. The molecule has 3 N–H and O–H groups in total. The second kappa shape index (κ2) is 12.2. The highest BCUT2D eigenvalue weighted by molar-refractivity contribution is 5.91. The van der Waals surface area contributed by atoms with Crippen LogP contribution in [0.4, 0.5) is 16.3 Å². The van der Waals surface area contributed by atoms with E-state index in [-0.39, 0.29) is 24.3 Å². The minimum atomic E-state index is -0.372. The summed E-state index contributed by atoms with van der Waals surface area (Å²) in [7, 11) is 0. The first kappa shape index (κ1) is 23.7. The zero-order chi connectivity index (χ0) is 23.6. The summed E-state index contributed by atoms with van der Waals surface area (Å²) in [5.74, 6) is 0.422. The lowest BCUT2D eigenvalue weighted by atomic mass is 10.1. The molecule has 180 valence electrons. The van der Waals surface area contributed by atoms with E-state index in [1.165, 1.54) is 6.08 Å². The third-order valence-corrected chi connectivity index (χ3v) is 5.80. The number of pyridine rings is 1. The number of anilines is 2. The first-order chi connectivity index (χ1) is 16.7. The van der Waals surface area contributed by atoms with Crippen LogP contribution >= 0.6 is 0 Å². The van der Waals surface area contributed by atoms with E-state index in [9.17, 15) is 9.59 Å². The number of ether oxygens (including phenoxy) is 1. The second-order valence-electron chi connectivity index (χ2n) is 8.39. The van der Waals surface area contributed by atoms with E-state index in [0.29, 0.717) is 19.7 Å². The second-order valence-corrected chi connectivity index (χ2v) is 8.39. The monoisotopic (exact) mass is 465 g/mol. The largest absolute Gasteiger partial charge is 0.367 e. The van der Waals surface area contributed by atoms with Crippen LogP contribution < -0.4 is 16.1 Å². The summed E-state index contributed by atoms with van der Waals surface area (Å²) in [6.07, 6.45) is 8.95. The van der Waals surface area contributed by atoms with Crippen LogP contribution in [0, 0.1) is 0 Å². The summed E-state index contributed by atoms with van der Waals surface area (Å²) in [4.78, 5) is 35.9. The molecule has 9 heteroatoms. The quantitative estimate of drug-likeness (QED) is 0.425. The number of carbonyl (C=O) groups is 2. The molecule has 9 nitrogen and oxygen atoms in total. The number of likely N-dealkylation sites (tertiary alicyclic amines) is 1. The fraction of sp³-hybridized carbons (Fsp3) is 0.400. The molecule has 0 bridgehead atoms. The standard InChI is InChI=1S/C25H31N5O4/c31-23(29-34-24-8-4-5-17-33-24)12-10-19-9-11-22(26-18-19)27-21-13-15-30(16-14-21)25(32)28-20-6-2-1-3-7-20/h1-3,6-7,9-12,18,21,24H,4-5,8,13-17H2,(H,26,27)(H,28,32)(H,29,31)/b12-10+. The van der Waals surface area contributed by atoms with Gasteiger partial charge < -0.3 is 20.3 Å². The molecule has 1 atom stereocenters. The molecule has 1 aromatic carbocycles. The molecule has 34 heavy (non-hydrogen) atoms. The molecular formula is C25H31N5O4. The van der Waals surface area contributed by atoms with Gasteiger partial charge in [-0.25, -0.2) is 20.1 Å². The van der Waals surface area contributed by atoms with Gasteiger partial charge in [0.1, 0.15) is 5.82 Å². The van der Waals surface area contributed by atoms with Crippen LogP contribution in [-0.4, -0.2) is 53.9 Å². The highest BCUT2D eigenvalue weighted by Gasteiger charge is 2.23. The molecule has 2 fully saturated rings. The van der Waals surface area contributed by atoms with Crippen molar-refractivity contribution >= 4 is 29.5 Å². The van der Waals surface area contributed by atoms with Crippen LogP contribution in [0.15, 0.2) is 54.7 Å². The van der Waals surface area contributed by atoms with Gasteiger partial charge in [0.15, 0.2) is 6.29 Å². The summed E-state index contributed by atoms with van der Waals surface area (Å²) >= 11 is 0. The Bertz CT molecular complexity index is 953. The van der Waals surface area contributed by atoms with Crippen LogP contribution in [0.25, 0.3) is 6.08 Å². The van der Waals surface area contributed by atoms with Gasteiger partial charge in [-0.2, -0.15) is 0 Å². The van der Waals surface area contributed by atoms with Gasteiger partial charge in [-0.15, -0.1) is 0 Å². The Balaban J connectivity index is 1.17. The summed E-state index contributed by atoms with van der Waals surface area (Å²) in [6.45, 7) is 2.02. The van der Waals surface area contributed by atoms with Crippen molar-refractivity contribution in [3.8, 4) is 0 Å². The Morgan fingerprint density at radius 1 is 1.06 bits per heavy atom. The molecule has 3 amide bonds. The van der Waals surface area contributed by atoms with Crippen molar-refractivity contribution in [2.45, 2.75) is 44.4 Å². The molecule has 2 saturated heterocycles. The fourth-order valence-corrected chi connectivity index (χ4v) is 3.88. The maximum Gasteiger partial charge on any atom is 0.321 e. The van der Waals surface area contributed by atoms with Gasteiger partial charge in [0, 0.05) is 50.1 Å². The SMILES string of the molecule is O=C(/C=C/c1ccc(NC2CCN(C(=O)Nc3ccccc3)CC2)nc1)NOC1CCCCO1. The highest BCUT2D eigenvalue weighted by atomic mass is 16.8. The Labute approximate surface area is 199 Å². The number of amides is 3. The molecule has 3 heterocycles. The number of carbonyl (C=O) groups excluding carboxylic acids is 2. The minimum Gasteiger partial charge on any atom is -0.367 e. The van der Waals surface area contributed by atoms with Crippen LogP contribution in [0.1, 0.15) is 37.7 Å². The van der Waals surface area contributed by atoms with Gasteiger partial charge in [-0.3, -0.25) is 4.79 Å². The van der Waals surface area contributed by atoms with Crippen LogP contribution in [-0.2, 0) is 14.4 Å². The third-order valence-electron chi connectivity index (χ3n) is 5.80. The summed E-state index contributed by atoms with van der Waals surface area (Å²) < 4.78 is 5.41.